The number of benzene rings is 2. The number of hydrogen-bond acceptors (Lipinski definition) is 3. The second-order valence-electron chi connectivity index (χ2n) is 6.13. The van der Waals surface area contributed by atoms with E-state index >= 15 is 0 Å². The van der Waals surface area contributed by atoms with Crippen molar-refractivity contribution >= 4 is 17.3 Å². The summed E-state index contributed by atoms with van der Waals surface area (Å²) in [4.78, 5) is 16.7. The van der Waals surface area contributed by atoms with Gasteiger partial charge in [-0.05, 0) is 48.4 Å². The van der Waals surface area contributed by atoms with E-state index in [1.807, 2.05) is 6.07 Å². The molecule has 0 aliphatic carbocycles. The summed E-state index contributed by atoms with van der Waals surface area (Å²) in [5.41, 5.74) is 3.67. The molecule has 0 saturated carbocycles. The van der Waals surface area contributed by atoms with Gasteiger partial charge >= 0.3 is 0 Å². The van der Waals surface area contributed by atoms with E-state index in [0.717, 1.165) is 38.4 Å². The Labute approximate surface area is 140 Å². The van der Waals surface area contributed by atoms with Crippen molar-refractivity contribution < 1.29 is 13.9 Å². The summed E-state index contributed by atoms with van der Waals surface area (Å²) in [6, 6.07) is 12.1. The number of morpholine rings is 1. The van der Waals surface area contributed by atoms with Gasteiger partial charge in [0.1, 0.15) is 5.82 Å². The van der Waals surface area contributed by atoms with E-state index in [9.17, 15) is 9.18 Å². The van der Waals surface area contributed by atoms with Crippen LogP contribution in [0.1, 0.15) is 15.9 Å². The van der Waals surface area contributed by atoms with Gasteiger partial charge in [0.25, 0.3) is 5.91 Å². The molecule has 4 rings (SSSR count). The van der Waals surface area contributed by atoms with Crippen LogP contribution in [-0.4, -0.2) is 38.8 Å². The van der Waals surface area contributed by atoms with Gasteiger partial charge in [-0.1, -0.05) is 6.07 Å². The number of amides is 1. The first-order valence-electron chi connectivity index (χ1n) is 8.25. The van der Waals surface area contributed by atoms with Crippen molar-refractivity contribution in [2.75, 3.05) is 42.6 Å². The minimum Gasteiger partial charge on any atom is -0.378 e. The fourth-order valence-corrected chi connectivity index (χ4v) is 3.39. The Balaban J connectivity index is 1.59. The number of ether oxygens (including phenoxy) is 1. The molecular weight excluding hydrogens is 307 g/mol. The zero-order valence-electron chi connectivity index (χ0n) is 13.4. The lowest BCUT2D eigenvalue weighted by Gasteiger charge is -2.29. The van der Waals surface area contributed by atoms with Crippen molar-refractivity contribution in [2.24, 2.45) is 0 Å². The van der Waals surface area contributed by atoms with Crippen LogP contribution in [0.5, 0.6) is 0 Å². The van der Waals surface area contributed by atoms with Crippen LogP contribution in [0.3, 0.4) is 0 Å². The lowest BCUT2D eigenvalue weighted by atomic mass is 10.1. The molecule has 2 aromatic rings. The van der Waals surface area contributed by atoms with Gasteiger partial charge in [-0.25, -0.2) is 4.39 Å². The summed E-state index contributed by atoms with van der Waals surface area (Å²) < 4.78 is 18.8. The van der Waals surface area contributed by atoms with Crippen molar-refractivity contribution in [1.29, 1.82) is 0 Å². The molecule has 4 nitrogen and oxygen atoms in total. The Morgan fingerprint density at radius 1 is 1.04 bits per heavy atom. The van der Waals surface area contributed by atoms with Crippen molar-refractivity contribution in [3.05, 3.63) is 59.4 Å². The molecule has 5 heteroatoms. The molecule has 0 atom stereocenters. The molecular formula is C19H19FN2O2. The number of carbonyl (C=O) groups excluding carboxylic acids is 1. The zero-order chi connectivity index (χ0) is 16.5. The molecule has 0 spiro atoms. The second-order valence-corrected chi connectivity index (χ2v) is 6.13. The minimum atomic E-state index is -0.386. The standard InChI is InChI=1S/C19H19FN2O2/c20-16-3-1-2-15(12-16)19(23)22-7-6-14-13-17(4-5-18(14)22)21-8-10-24-11-9-21/h1-5,12-13H,6-11H2. The predicted molar refractivity (Wildman–Crippen MR) is 91.3 cm³/mol. The van der Waals surface area contributed by atoms with E-state index in [2.05, 4.69) is 17.0 Å². The number of rotatable bonds is 2. The molecule has 1 fully saturated rings. The van der Waals surface area contributed by atoms with E-state index in [-0.39, 0.29) is 11.7 Å². The number of carbonyl (C=O) groups is 1. The quantitative estimate of drug-likeness (QED) is 0.851. The van der Waals surface area contributed by atoms with Gasteiger partial charge in [0.2, 0.25) is 0 Å². The average Bonchev–Trinajstić information content (AvgIpc) is 3.05. The average molecular weight is 326 g/mol. The van der Waals surface area contributed by atoms with Crippen LogP contribution >= 0.6 is 0 Å². The predicted octanol–water partition coefficient (Wildman–Crippen LogP) is 2.87. The summed E-state index contributed by atoms with van der Waals surface area (Å²) in [6.45, 7) is 3.93. The third-order valence-electron chi connectivity index (χ3n) is 4.65. The smallest absolute Gasteiger partial charge is 0.258 e. The third kappa shape index (κ3) is 2.76. The van der Waals surface area contributed by atoms with Crippen LogP contribution in [0.15, 0.2) is 42.5 Å². The number of hydrogen-bond donors (Lipinski definition) is 0. The van der Waals surface area contributed by atoms with Crippen molar-refractivity contribution in [3.63, 3.8) is 0 Å². The Morgan fingerprint density at radius 3 is 2.67 bits per heavy atom. The lowest BCUT2D eigenvalue weighted by molar-refractivity contribution is 0.0989. The van der Waals surface area contributed by atoms with Gasteiger partial charge in [0.05, 0.1) is 13.2 Å². The summed E-state index contributed by atoms with van der Waals surface area (Å²) in [7, 11) is 0. The van der Waals surface area contributed by atoms with Gasteiger partial charge in [-0.3, -0.25) is 4.79 Å². The monoisotopic (exact) mass is 326 g/mol. The number of nitrogens with zero attached hydrogens (tertiary/aromatic N) is 2. The molecule has 2 aliphatic rings. The minimum absolute atomic E-state index is 0.146. The molecule has 0 N–H and O–H groups in total. The summed E-state index contributed by atoms with van der Waals surface area (Å²) in [5, 5.41) is 0. The van der Waals surface area contributed by atoms with Gasteiger partial charge in [-0.15, -0.1) is 0 Å². The lowest BCUT2D eigenvalue weighted by Crippen LogP contribution is -2.36. The Morgan fingerprint density at radius 2 is 1.88 bits per heavy atom. The fraction of sp³-hybridized carbons (Fsp3) is 0.316. The molecule has 2 aliphatic heterocycles. The molecule has 1 amide bonds. The zero-order valence-corrected chi connectivity index (χ0v) is 13.4. The molecule has 2 heterocycles. The van der Waals surface area contributed by atoms with Gasteiger partial charge in [-0.2, -0.15) is 0 Å². The topological polar surface area (TPSA) is 32.8 Å². The third-order valence-corrected chi connectivity index (χ3v) is 4.65. The molecule has 1 saturated heterocycles. The van der Waals surface area contributed by atoms with Gasteiger partial charge in [0, 0.05) is 36.6 Å². The molecule has 0 radical (unpaired) electrons. The van der Waals surface area contributed by atoms with Gasteiger partial charge < -0.3 is 14.5 Å². The number of fused-ring (bicyclic) bond motifs is 1. The summed E-state index contributed by atoms with van der Waals surface area (Å²) in [5.74, 6) is -0.532. The highest BCUT2D eigenvalue weighted by Crippen LogP contribution is 2.33. The maximum atomic E-state index is 13.4. The van der Waals surface area contributed by atoms with Crippen LogP contribution in [-0.2, 0) is 11.2 Å². The SMILES string of the molecule is O=C(c1cccc(F)c1)N1CCc2cc(N3CCOCC3)ccc21. The molecule has 124 valence electrons. The molecule has 24 heavy (non-hydrogen) atoms. The van der Waals surface area contributed by atoms with E-state index in [4.69, 9.17) is 4.74 Å². The van der Waals surface area contributed by atoms with E-state index in [1.165, 1.54) is 23.4 Å². The highest BCUT2D eigenvalue weighted by Gasteiger charge is 2.26. The van der Waals surface area contributed by atoms with Crippen molar-refractivity contribution in [1.82, 2.24) is 0 Å². The number of halogens is 1. The van der Waals surface area contributed by atoms with E-state index in [1.54, 1.807) is 17.0 Å². The summed E-state index contributed by atoms with van der Waals surface area (Å²) in [6.07, 6.45) is 0.828. The van der Waals surface area contributed by atoms with Crippen LogP contribution in [0, 0.1) is 5.82 Å². The van der Waals surface area contributed by atoms with Crippen LogP contribution in [0.25, 0.3) is 0 Å². The Kier molecular flexibility index (Phi) is 3.94. The first-order chi connectivity index (χ1) is 11.7. The largest absolute Gasteiger partial charge is 0.378 e. The first kappa shape index (κ1) is 15.1. The summed E-state index contributed by atoms with van der Waals surface area (Å²) >= 11 is 0. The molecule has 0 unspecified atom stereocenters. The van der Waals surface area contributed by atoms with Crippen molar-refractivity contribution in [2.45, 2.75) is 6.42 Å². The highest BCUT2D eigenvalue weighted by atomic mass is 19.1. The van der Waals surface area contributed by atoms with E-state index < -0.39 is 0 Å². The molecule has 2 aromatic carbocycles. The second kappa shape index (κ2) is 6.24. The normalized spacial score (nSPS) is 17.0. The highest BCUT2D eigenvalue weighted by molar-refractivity contribution is 6.07. The van der Waals surface area contributed by atoms with E-state index in [0.29, 0.717) is 12.1 Å². The fourth-order valence-electron chi connectivity index (χ4n) is 3.39. The van der Waals surface area contributed by atoms with Crippen LogP contribution in [0.2, 0.25) is 0 Å². The maximum Gasteiger partial charge on any atom is 0.258 e. The molecule has 0 aromatic heterocycles. The van der Waals surface area contributed by atoms with Gasteiger partial charge in [0.15, 0.2) is 0 Å². The molecule has 0 bridgehead atoms. The van der Waals surface area contributed by atoms with Crippen LogP contribution < -0.4 is 9.80 Å². The Hall–Kier alpha value is -2.40. The first-order valence-corrected chi connectivity index (χ1v) is 8.25. The van der Waals surface area contributed by atoms with Crippen LogP contribution in [0.4, 0.5) is 15.8 Å². The Bertz CT molecular complexity index is 772. The maximum absolute atomic E-state index is 13.4. The number of anilines is 2. The van der Waals surface area contributed by atoms with Crippen molar-refractivity contribution in [3.8, 4) is 0 Å².